The van der Waals surface area contributed by atoms with Gasteiger partial charge in [-0.1, -0.05) is 13.3 Å². The Morgan fingerprint density at radius 2 is 2.20 bits per heavy atom. The molecule has 86 valence electrons. The van der Waals surface area contributed by atoms with E-state index in [4.69, 9.17) is 10.5 Å². The van der Waals surface area contributed by atoms with Gasteiger partial charge in [0.2, 0.25) is 0 Å². The molecule has 3 atom stereocenters. The lowest BCUT2D eigenvalue weighted by Gasteiger charge is -2.33. The van der Waals surface area contributed by atoms with E-state index < -0.39 is 0 Å². The van der Waals surface area contributed by atoms with Crippen LogP contribution in [0.25, 0.3) is 0 Å². The minimum atomic E-state index is -0.272. The molecule has 1 aliphatic heterocycles. The van der Waals surface area contributed by atoms with Crippen molar-refractivity contribution >= 4 is 5.78 Å². The van der Waals surface area contributed by atoms with Crippen LogP contribution in [0.3, 0.4) is 0 Å². The molecule has 3 nitrogen and oxygen atoms in total. The lowest BCUT2D eigenvalue weighted by atomic mass is 9.74. The van der Waals surface area contributed by atoms with Crippen LogP contribution in [-0.2, 0) is 9.53 Å². The van der Waals surface area contributed by atoms with Gasteiger partial charge >= 0.3 is 0 Å². The minimum Gasteiger partial charge on any atom is -0.381 e. The molecule has 2 fully saturated rings. The van der Waals surface area contributed by atoms with Gasteiger partial charge in [-0.2, -0.15) is 0 Å². The van der Waals surface area contributed by atoms with E-state index in [9.17, 15) is 4.79 Å². The van der Waals surface area contributed by atoms with Crippen molar-refractivity contribution in [3.05, 3.63) is 0 Å². The monoisotopic (exact) mass is 211 g/mol. The van der Waals surface area contributed by atoms with E-state index in [2.05, 4.69) is 0 Å². The Morgan fingerprint density at radius 1 is 1.40 bits per heavy atom. The van der Waals surface area contributed by atoms with E-state index >= 15 is 0 Å². The van der Waals surface area contributed by atoms with Gasteiger partial charge in [-0.05, 0) is 25.7 Å². The molecule has 0 aromatic rings. The van der Waals surface area contributed by atoms with Crippen LogP contribution in [0.5, 0.6) is 0 Å². The normalized spacial score (nSPS) is 41.7. The van der Waals surface area contributed by atoms with Crippen LogP contribution >= 0.6 is 0 Å². The second kappa shape index (κ2) is 4.22. The number of ketones is 1. The number of carbonyl (C=O) groups excluding carboxylic acids is 1. The zero-order chi connectivity index (χ0) is 10.9. The lowest BCUT2D eigenvalue weighted by molar-refractivity contribution is -0.136. The van der Waals surface area contributed by atoms with Gasteiger partial charge in [0.25, 0.3) is 0 Å². The molecule has 0 amide bonds. The highest BCUT2D eigenvalue weighted by molar-refractivity contribution is 5.88. The second-order valence-electron chi connectivity index (χ2n) is 5.19. The Kier molecular flexibility index (Phi) is 3.12. The summed E-state index contributed by atoms with van der Waals surface area (Å²) in [5.41, 5.74) is 5.79. The Morgan fingerprint density at radius 3 is 2.73 bits per heavy atom. The first-order valence-electron chi connectivity index (χ1n) is 6.02. The predicted octanol–water partition coefficient (Wildman–Crippen LogP) is 1.50. The number of hydrogen-bond acceptors (Lipinski definition) is 3. The zero-order valence-corrected chi connectivity index (χ0v) is 9.50. The maximum Gasteiger partial charge on any atom is 0.145 e. The van der Waals surface area contributed by atoms with Gasteiger partial charge in [0.1, 0.15) is 5.78 Å². The van der Waals surface area contributed by atoms with E-state index in [1.165, 1.54) is 0 Å². The molecule has 1 saturated heterocycles. The first kappa shape index (κ1) is 11.1. The molecule has 0 aromatic carbocycles. The van der Waals surface area contributed by atoms with E-state index in [-0.39, 0.29) is 17.4 Å². The molecule has 1 heterocycles. The van der Waals surface area contributed by atoms with Gasteiger partial charge in [0.15, 0.2) is 0 Å². The molecule has 2 N–H and O–H groups in total. The molecule has 1 saturated carbocycles. The molecule has 0 radical (unpaired) electrons. The van der Waals surface area contributed by atoms with Crippen molar-refractivity contribution in [2.75, 3.05) is 13.2 Å². The van der Waals surface area contributed by atoms with Gasteiger partial charge in [-0.15, -0.1) is 0 Å². The van der Waals surface area contributed by atoms with Crippen LogP contribution in [0.2, 0.25) is 0 Å². The predicted molar refractivity (Wildman–Crippen MR) is 58.5 cm³/mol. The number of ether oxygens (including phenoxy) is 1. The summed E-state index contributed by atoms with van der Waals surface area (Å²) in [6, 6.07) is 0.0620. The summed E-state index contributed by atoms with van der Waals surface area (Å²) in [5.74, 6) is 0.458. The molecule has 2 aliphatic rings. The quantitative estimate of drug-likeness (QED) is 0.753. The fourth-order valence-electron chi connectivity index (χ4n) is 2.91. The van der Waals surface area contributed by atoms with Gasteiger partial charge in [0.05, 0.1) is 6.61 Å². The van der Waals surface area contributed by atoms with Crippen LogP contribution in [0.15, 0.2) is 0 Å². The summed E-state index contributed by atoms with van der Waals surface area (Å²) in [6.07, 6.45) is 5.05. The van der Waals surface area contributed by atoms with Gasteiger partial charge in [-0.3, -0.25) is 4.79 Å². The van der Waals surface area contributed by atoms with Crippen molar-refractivity contribution in [3.8, 4) is 0 Å². The molecule has 1 aliphatic carbocycles. The van der Waals surface area contributed by atoms with E-state index in [0.717, 1.165) is 38.7 Å². The summed E-state index contributed by atoms with van der Waals surface area (Å²) in [4.78, 5) is 12.4. The SMILES string of the molecule is CC1(C(=O)C2CCCOC2)CCCC1N. The summed E-state index contributed by atoms with van der Waals surface area (Å²) in [7, 11) is 0. The number of carbonyl (C=O) groups is 1. The Hall–Kier alpha value is -0.410. The maximum absolute atomic E-state index is 12.4. The summed E-state index contributed by atoms with van der Waals surface area (Å²) in [6.45, 7) is 3.47. The molecular weight excluding hydrogens is 190 g/mol. The zero-order valence-electron chi connectivity index (χ0n) is 9.50. The number of Topliss-reactive ketones (excluding diaryl/α,β-unsaturated/α-hetero) is 1. The van der Waals surface area contributed by atoms with Crippen molar-refractivity contribution in [2.45, 2.75) is 45.1 Å². The Labute approximate surface area is 91.4 Å². The average molecular weight is 211 g/mol. The van der Waals surface area contributed by atoms with Crippen LogP contribution in [0, 0.1) is 11.3 Å². The molecular formula is C12H21NO2. The third-order valence-corrected chi connectivity index (χ3v) is 4.12. The number of hydrogen-bond donors (Lipinski definition) is 1. The van der Waals surface area contributed by atoms with Crippen molar-refractivity contribution in [1.29, 1.82) is 0 Å². The van der Waals surface area contributed by atoms with Gasteiger partial charge in [0, 0.05) is 24.0 Å². The average Bonchev–Trinajstić information content (AvgIpc) is 2.61. The van der Waals surface area contributed by atoms with Crippen LogP contribution in [0.1, 0.15) is 39.0 Å². The van der Waals surface area contributed by atoms with Crippen LogP contribution in [0.4, 0.5) is 0 Å². The molecule has 0 spiro atoms. The number of nitrogens with two attached hydrogens (primary N) is 1. The standard InChI is InChI=1S/C12H21NO2/c1-12(6-2-5-10(12)13)11(14)9-4-3-7-15-8-9/h9-10H,2-8,13H2,1H3. The summed E-state index contributed by atoms with van der Waals surface area (Å²) >= 11 is 0. The largest absolute Gasteiger partial charge is 0.381 e. The van der Waals surface area contributed by atoms with Crippen molar-refractivity contribution in [1.82, 2.24) is 0 Å². The summed E-state index contributed by atoms with van der Waals surface area (Å²) < 4.78 is 5.38. The highest BCUT2D eigenvalue weighted by atomic mass is 16.5. The first-order valence-corrected chi connectivity index (χ1v) is 6.02. The Bertz CT molecular complexity index is 248. The highest BCUT2D eigenvalue weighted by Gasteiger charge is 2.45. The van der Waals surface area contributed by atoms with E-state index in [0.29, 0.717) is 12.4 Å². The van der Waals surface area contributed by atoms with Crippen molar-refractivity contribution in [2.24, 2.45) is 17.1 Å². The van der Waals surface area contributed by atoms with Crippen molar-refractivity contribution in [3.63, 3.8) is 0 Å². The molecule has 2 rings (SSSR count). The van der Waals surface area contributed by atoms with Crippen LogP contribution < -0.4 is 5.73 Å². The third-order valence-electron chi connectivity index (χ3n) is 4.12. The van der Waals surface area contributed by atoms with Crippen LogP contribution in [-0.4, -0.2) is 25.0 Å². The molecule has 3 unspecified atom stereocenters. The minimum absolute atomic E-state index is 0.0620. The fraction of sp³-hybridized carbons (Fsp3) is 0.917. The molecule has 0 bridgehead atoms. The fourth-order valence-corrected chi connectivity index (χ4v) is 2.91. The van der Waals surface area contributed by atoms with Gasteiger partial charge in [-0.25, -0.2) is 0 Å². The summed E-state index contributed by atoms with van der Waals surface area (Å²) in [5, 5.41) is 0. The first-order chi connectivity index (χ1) is 7.14. The lowest BCUT2D eigenvalue weighted by Crippen LogP contribution is -2.45. The Balaban J connectivity index is 2.05. The smallest absolute Gasteiger partial charge is 0.145 e. The molecule has 15 heavy (non-hydrogen) atoms. The van der Waals surface area contributed by atoms with Crippen molar-refractivity contribution < 1.29 is 9.53 Å². The molecule has 0 aromatic heterocycles. The van der Waals surface area contributed by atoms with Gasteiger partial charge < -0.3 is 10.5 Å². The van der Waals surface area contributed by atoms with E-state index in [1.54, 1.807) is 0 Å². The maximum atomic E-state index is 12.4. The second-order valence-corrected chi connectivity index (χ2v) is 5.19. The molecule has 3 heteroatoms. The number of rotatable bonds is 2. The highest BCUT2D eigenvalue weighted by Crippen LogP contribution is 2.40. The topological polar surface area (TPSA) is 52.3 Å². The third kappa shape index (κ3) is 1.95. The van der Waals surface area contributed by atoms with E-state index in [1.807, 2.05) is 6.92 Å².